The SMILES string of the molecule is COc1ccc(CNCCC(C)CN)cc1. The molecule has 1 atom stereocenters. The van der Waals surface area contributed by atoms with E-state index < -0.39 is 0 Å². The Balaban J connectivity index is 2.21. The molecule has 3 heteroatoms. The van der Waals surface area contributed by atoms with Gasteiger partial charge in [0.1, 0.15) is 5.75 Å². The highest BCUT2D eigenvalue weighted by Crippen LogP contribution is 2.10. The van der Waals surface area contributed by atoms with Crippen LogP contribution in [0.4, 0.5) is 0 Å². The Kier molecular flexibility index (Phi) is 5.90. The topological polar surface area (TPSA) is 47.3 Å². The first kappa shape index (κ1) is 13.0. The molecule has 3 nitrogen and oxygen atoms in total. The number of rotatable bonds is 7. The van der Waals surface area contributed by atoms with Gasteiger partial charge in [-0.3, -0.25) is 0 Å². The molecule has 16 heavy (non-hydrogen) atoms. The molecule has 1 unspecified atom stereocenters. The summed E-state index contributed by atoms with van der Waals surface area (Å²) in [5.41, 5.74) is 6.83. The van der Waals surface area contributed by atoms with Crippen LogP contribution in [0.25, 0.3) is 0 Å². The van der Waals surface area contributed by atoms with Gasteiger partial charge >= 0.3 is 0 Å². The molecular weight excluding hydrogens is 200 g/mol. The summed E-state index contributed by atoms with van der Waals surface area (Å²) in [4.78, 5) is 0. The summed E-state index contributed by atoms with van der Waals surface area (Å²) in [6.07, 6.45) is 1.13. The van der Waals surface area contributed by atoms with Gasteiger partial charge in [-0.25, -0.2) is 0 Å². The lowest BCUT2D eigenvalue weighted by molar-refractivity contribution is 0.414. The largest absolute Gasteiger partial charge is 0.497 e. The lowest BCUT2D eigenvalue weighted by atomic mass is 10.1. The maximum atomic E-state index is 5.56. The van der Waals surface area contributed by atoms with Gasteiger partial charge in [0.05, 0.1) is 7.11 Å². The summed E-state index contributed by atoms with van der Waals surface area (Å²) >= 11 is 0. The molecule has 0 amide bonds. The quantitative estimate of drug-likeness (QED) is 0.691. The number of hydrogen-bond acceptors (Lipinski definition) is 3. The summed E-state index contributed by atoms with van der Waals surface area (Å²) in [6, 6.07) is 8.13. The summed E-state index contributed by atoms with van der Waals surface area (Å²) < 4.78 is 5.11. The van der Waals surface area contributed by atoms with Crippen LogP contribution in [0.15, 0.2) is 24.3 Å². The van der Waals surface area contributed by atoms with Crippen molar-refractivity contribution in [3.8, 4) is 5.75 Å². The number of methoxy groups -OCH3 is 1. The molecule has 0 bridgehead atoms. The molecule has 0 spiro atoms. The molecule has 1 rings (SSSR count). The Morgan fingerprint density at radius 1 is 1.31 bits per heavy atom. The van der Waals surface area contributed by atoms with Crippen LogP contribution < -0.4 is 15.8 Å². The molecule has 0 radical (unpaired) electrons. The predicted octanol–water partition coefficient (Wildman–Crippen LogP) is 1.77. The van der Waals surface area contributed by atoms with E-state index in [4.69, 9.17) is 10.5 Å². The minimum Gasteiger partial charge on any atom is -0.497 e. The van der Waals surface area contributed by atoms with Crippen LogP contribution in [-0.2, 0) is 6.54 Å². The minimum absolute atomic E-state index is 0.600. The molecule has 0 aliphatic heterocycles. The van der Waals surface area contributed by atoms with E-state index in [2.05, 4.69) is 24.4 Å². The van der Waals surface area contributed by atoms with Crippen LogP contribution in [0.3, 0.4) is 0 Å². The molecule has 0 aromatic heterocycles. The van der Waals surface area contributed by atoms with Crippen LogP contribution in [0.1, 0.15) is 18.9 Å². The second-order valence-corrected chi connectivity index (χ2v) is 4.15. The first-order chi connectivity index (χ1) is 7.76. The van der Waals surface area contributed by atoms with Crippen molar-refractivity contribution in [3.05, 3.63) is 29.8 Å². The number of benzene rings is 1. The number of ether oxygens (including phenoxy) is 1. The Labute approximate surface area is 98.0 Å². The van der Waals surface area contributed by atoms with Crippen LogP contribution in [0.5, 0.6) is 5.75 Å². The van der Waals surface area contributed by atoms with Crippen molar-refractivity contribution in [2.45, 2.75) is 19.9 Å². The van der Waals surface area contributed by atoms with Gasteiger partial charge in [0, 0.05) is 6.54 Å². The van der Waals surface area contributed by atoms with Crippen molar-refractivity contribution >= 4 is 0 Å². The average molecular weight is 222 g/mol. The highest BCUT2D eigenvalue weighted by molar-refractivity contribution is 5.26. The van der Waals surface area contributed by atoms with Gasteiger partial charge < -0.3 is 15.8 Å². The summed E-state index contributed by atoms with van der Waals surface area (Å²) in [6.45, 7) is 4.87. The summed E-state index contributed by atoms with van der Waals surface area (Å²) in [7, 11) is 1.68. The van der Waals surface area contributed by atoms with Crippen LogP contribution in [0, 0.1) is 5.92 Å². The molecule has 1 aromatic carbocycles. The van der Waals surface area contributed by atoms with Gasteiger partial charge in [0.15, 0.2) is 0 Å². The van der Waals surface area contributed by atoms with Crippen molar-refractivity contribution < 1.29 is 4.74 Å². The van der Waals surface area contributed by atoms with Crippen LogP contribution >= 0.6 is 0 Å². The third kappa shape index (κ3) is 4.64. The fourth-order valence-corrected chi connectivity index (χ4v) is 1.44. The normalized spacial score (nSPS) is 12.4. The Hall–Kier alpha value is -1.06. The Morgan fingerprint density at radius 2 is 2.00 bits per heavy atom. The van der Waals surface area contributed by atoms with E-state index in [-0.39, 0.29) is 0 Å². The Morgan fingerprint density at radius 3 is 2.56 bits per heavy atom. The van der Waals surface area contributed by atoms with E-state index in [1.807, 2.05) is 12.1 Å². The molecule has 0 saturated heterocycles. The second-order valence-electron chi connectivity index (χ2n) is 4.15. The molecular formula is C13H22N2O. The second kappa shape index (κ2) is 7.25. The monoisotopic (exact) mass is 222 g/mol. The van der Waals surface area contributed by atoms with E-state index in [0.717, 1.165) is 31.8 Å². The lowest BCUT2D eigenvalue weighted by Crippen LogP contribution is -2.20. The number of nitrogens with one attached hydrogen (secondary N) is 1. The average Bonchev–Trinajstić information content (AvgIpc) is 2.35. The highest BCUT2D eigenvalue weighted by Gasteiger charge is 1.98. The molecule has 90 valence electrons. The summed E-state index contributed by atoms with van der Waals surface area (Å²) in [5.74, 6) is 1.50. The maximum Gasteiger partial charge on any atom is 0.118 e. The van der Waals surface area contributed by atoms with Crippen molar-refractivity contribution in [1.29, 1.82) is 0 Å². The van der Waals surface area contributed by atoms with Gasteiger partial charge in [-0.1, -0.05) is 19.1 Å². The minimum atomic E-state index is 0.600. The molecule has 0 aliphatic rings. The van der Waals surface area contributed by atoms with E-state index >= 15 is 0 Å². The van der Waals surface area contributed by atoms with Gasteiger partial charge in [0.25, 0.3) is 0 Å². The third-order valence-corrected chi connectivity index (χ3v) is 2.70. The van der Waals surface area contributed by atoms with Crippen molar-refractivity contribution in [1.82, 2.24) is 5.32 Å². The van der Waals surface area contributed by atoms with E-state index in [1.165, 1.54) is 5.56 Å². The first-order valence-electron chi connectivity index (χ1n) is 5.80. The Bertz CT molecular complexity index is 284. The van der Waals surface area contributed by atoms with E-state index in [9.17, 15) is 0 Å². The molecule has 0 fully saturated rings. The van der Waals surface area contributed by atoms with Crippen molar-refractivity contribution in [3.63, 3.8) is 0 Å². The van der Waals surface area contributed by atoms with E-state index in [1.54, 1.807) is 7.11 Å². The number of nitrogens with two attached hydrogens (primary N) is 1. The molecule has 3 N–H and O–H groups in total. The van der Waals surface area contributed by atoms with Gasteiger partial charge in [0.2, 0.25) is 0 Å². The molecule has 0 saturated carbocycles. The maximum absolute atomic E-state index is 5.56. The standard InChI is InChI=1S/C13H22N2O/c1-11(9-14)7-8-15-10-12-3-5-13(16-2)6-4-12/h3-6,11,15H,7-10,14H2,1-2H3. The zero-order valence-electron chi connectivity index (χ0n) is 10.2. The predicted molar refractivity (Wildman–Crippen MR) is 67.5 cm³/mol. The smallest absolute Gasteiger partial charge is 0.118 e. The number of hydrogen-bond donors (Lipinski definition) is 2. The fraction of sp³-hybridized carbons (Fsp3) is 0.538. The third-order valence-electron chi connectivity index (χ3n) is 2.70. The molecule has 1 aromatic rings. The molecule has 0 aliphatic carbocycles. The van der Waals surface area contributed by atoms with E-state index in [0.29, 0.717) is 5.92 Å². The van der Waals surface area contributed by atoms with Gasteiger partial charge in [-0.2, -0.15) is 0 Å². The van der Waals surface area contributed by atoms with Crippen LogP contribution in [0.2, 0.25) is 0 Å². The van der Waals surface area contributed by atoms with Crippen LogP contribution in [-0.4, -0.2) is 20.2 Å². The zero-order chi connectivity index (χ0) is 11.8. The van der Waals surface area contributed by atoms with Crippen molar-refractivity contribution in [2.24, 2.45) is 11.7 Å². The first-order valence-corrected chi connectivity index (χ1v) is 5.80. The van der Waals surface area contributed by atoms with Gasteiger partial charge in [-0.05, 0) is 43.1 Å². The summed E-state index contributed by atoms with van der Waals surface area (Å²) in [5, 5.41) is 3.41. The molecule has 0 heterocycles. The highest BCUT2D eigenvalue weighted by atomic mass is 16.5. The fourth-order valence-electron chi connectivity index (χ4n) is 1.44. The van der Waals surface area contributed by atoms with Gasteiger partial charge in [-0.15, -0.1) is 0 Å². The lowest BCUT2D eigenvalue weighted by Gasteiger charge is -2.09. The van der Waals surface area contributed by atoms with Crippen molar-refractivity contribution in [2.75, 3.05) is 20.2 Å². The zero-order valence-corrected chi connectivity index (χ0v) is 10.2.